The fourth-order valence-electron chi connectivity index (χ4n) is 6.20. The predicted molar refractivity (Wildman–Crippen MR) is 127 cm³/mol. The summed E-state index contributed by atoms with van der Waals surface area (Å²) in [5.41, 5.74) is -0.336. The number of aryl methyl sites for hydroxylation is 1. The van der Waals surface area contributed by atoms with Crippen molar-refractivity contribution in [3.8, 4) is 6.07 Å². The molecule has 3 N–H and O–H groups in total. The molecule has 3 amide bonds. The maximum atomic E-state index is 14.6. The van der Waals surface area contributed by atoms with Gasteiger partial charge < -0.3 is 20.5 Å². The smallest absolute Gasteiger partial charge is 0.271 e. The van der Waals surface area contributed by atoms with E-state index in [-0.39, 0.29) is 41.0 Å². The van der Waals surface area contributed by atoms with E-state index in [1.807, 2.05) is 6.07 Å². The molecule has 1 aromatic heterocycles. The lowest BCUT2D eigenvalue weighted by Gasteiger charge is -2.29. The lowest BCUT2D eigenvalue weighted by molar-refractivity contribution is -0.129. The van der Waals surface area contributed by atoms with Crippen LogP contribution >= 0.6 is 0 Å². The van der Waals surface area contributed by atoms with Gasteiger partial charge in [-0.05, 0) is 55.7 Å². The Morgan fingerprint density at radius 3 is 2.76 bits per heavy atom. The lowest BCUT2D eigenvalue weighted by Crippen LogP contribution is -2.52. The third kappa shape index (κ3) is 4.59. The Morgan fingerprint density at radius 2 is 2.05 bits per heavy atom. The van der Waals surface area contributed by atoms with Crippen molar-refractivity contribution < 1.29 is 31.9 Å². The van der Waals surface area contributed by atoms with Crippen LogP contribution in [0.5, 0.6) is 0 Å². The first-order valence-electron chi connectivity index (χ1n) is 12.6. The number of hydrogen-bond donors (Lipinski definition) is 3. The van der Waals surface area contributed by atoms with Crippen LogP contribution in [0.1, 0.15) is 48.2 Å². The van der Waals surface area contributed by atoms with Crippen LogP contribution in [-0.4, -0.2) is 58.7 Å². The van der Waals surface area contributed by atoms with Gasteiger partial charge in [0.15, 0.2) is 0 Å². The molecule has 38 heavy (non-hydrogen) atoms. The van der Waals surface area contributed by atoms with E-state index in [0.717, 1.165) is 23.5 Å². The SMILES string of the molecule is Cc1cc(F)c2cc(C(=O)N3C[C@H]4CC(F)(F)C[C@H]4[C@H]3C(=O)N[C@@H](C#N)C[C@@H]3CCCNC3=O)[nH]c2c1F. The zero-order valence-electron chi connectivity index (χ0n) is 20.6. The monoisotopic (exact) mass is 533 g/mol. The van der Waals surface area contributed by atoms with E-state index in [0.29, 0.717) is 13.0 Å². The molecule has 1 saturated carbocycles. The number of amides is 3. The summed E-state index contributed by atoms with van der Waals surface area (Å²) in [6.45, 7) is 1.78. The van der Waals surface area contributed by atoms with Crippen LogP contribution in [0.4, 0.5) is 17.6 Å². The Hall–Kier alpha value is -3.62. The highest BCUT2D eigenvalue weighted by molar-refractivity contribution is 6.01. The minimum atomic E-state index is -3.00. The van der Waals surface area contributed by atoms with Crippen molar-refractivity contribution in [3.05, 3.63) is 35.0 Å². The molecule has 8 nitrogen and oxygen atoms in total. The Balaban J connectivity index is 1.41. The molecular formula is C26H27F4N5O3. The van der Waals surface area contributed by atoms with Gasteiger partial charge in [-0.2, -0.15) is 5.26 Å². The average molecular weight is 534 g/mol. The van der Waals surface area contributed by atoms with E-state index in [4.69, 9.17) is 0 Å². The minimum absolute atomic E-state index is 0.0419. The molecule has 3 fully saturated rings. The van der Waals surface area contributed by atoms with E-state index in [2.05, 4.69) is 15.6 Å². The highest BCUT2D eigenvalue weighted by Crippen LogP contribution is 2.50. The van der Waals surface area contributed by atoms with Crippen molar-refractivity contribution >= 4 is 28.6 Å². The highest BCUT2D eigenvalue weighted by Gasteiger charge is 2.58. The quantitative estimate of drug-likeness (QED) is 0.512. The van der Waals surface area contributed by atoms with Gasteiger partial charge in [0.05, 0.1) is 11.6 Å². The second-order valence-electron chi connectivity index (χ2n) is 10.6. The largest absolute Gasteiger partial charge is 0.356 e. The highest BCUT2D eigenvalue weighted by atomic mass is 19.3. The maximum Gasteiger partial charge on any atom is 0.271 e. The molecule has 0 unspecified atom stereocenters. The van der Waals surface area contributed by atoms with Crippen molar-refractivity contribution in [2.24, 2.45) is 17.8 Å². The molecule has 2 aliphatic heterocycles. The molecule has 0 radical (unpaired) electrons. The van der Waals surface area contributed by atoms with Gasteiger partial charge in [-0.15, -0.1) is 0 Å². The third-order valence-electron chi connectivity index (χ3n) is 8.01. The Morgan fingerprint density at radius 1 is 1.29 bits per heavy atom. The molecule has 12 heteroatoms. The van der Waals surface area contributed by atoms with Gasteiger partial charge in [-0.25, -0.2) is 17.6 Å². The Bertz CT molecular complexity index is 1350. The number of carbonyl (C=O) groups is 3. The topological polar surface area (TPSA) is 118 Å². The number of H-pyrrole nitrogens is 1. The number of nitriles is 1. The fraction of sp³-hybridized carbons (Fsp3) is 0.538. The van der Waals surface area contributed by atoms with Crippen LogP contribution in [-0.2, 0) is 9.59 Å². The van der Waals surface area contributed by atoms with Crippen LogP contribution in [0, 0.1) is 47.6 Å². The summed E-state index contributed by atoms with van der Waals surface area (Å²) in [6.07, 6.45) is 0.245. The molecule has 5 atom stereocenters. The van der Waals surface area contributed by atoms with Crippen LogP contribution in [0.2, 0.25) is 0 Å². The molecule has 1 aliphatic carbocycles. The van der Waals surface area contributed by atoms with Crippen LogP contribution in [0.25, 0.3) is 10.9 Å². The second kappa shape index (κ2) is 9.60. The number of carbonyl (C=O) groups excluding carboxylic acids is 3. The number of aromatic nitrogens is 1. The molecule has 1 aromatic carbocycles. The van der Waals surface area contributed by atoms with E-state index in [1.54, 1.807) is 0 Å². The standard InChI is InChI=1S/C26H27F4N5O3/c1-12-5-18(27)16-7-19(34-21(16)20(12)28)25(38)35-11-14-8-26(29,30)9-17(14)22(35)24(37)33-15(10-31)6-13-3-2-4-32-23(13)36/h5,7,13-15,17,22,34H,2-4,6,8-9,11H2,1H3,(H,32,36)(H,33,37)/t13-,14+,15+,17+,22-/m0/s1. The summed E-state index contributed by atoms with van der Waals surface area (Å²) >= 11 is 0. The number of fused-ring (bicyclic) bond motifs is 2. The van der Waals surface area contributed by atoms with E-state index in [9.17, 15) is 37.2 Å². The number of halogens is 4. The summed E-state index contributed by atoms with van der Waals surface area (Å²) in [4.78, 5) is 42.8. The summed E-state index contributed by atoms with van der Waals surface area (Å²) in [7, 11) is 0. The normalized spacial score (nSPS) is 27.1. The predicted octanol–water partition coefficient (Wildman–Crippen LogP) is 3.17. The van der Waals surface area contributed by atoms with Crippen molar-refractivity contribution in [1.29, 1.82) is 5.26 Å². The summed E-state index contributed by atoms with van der Waals surface area (Å²) in [6, 6.07) is 1.74. The van der Waals surface area contributed by atoms with E-state index < -0.39 is 72.1 Å². The van der Waals surface area contributed by atoms with Gasteiger partial charge in [0.25, 0.3) is 5.91 Å². The van der Waals surface area contributed by atoms with Gasteiger partial charge in [-0.1, -0.05) is 0 Å². The molecular weight excluding hydrogens is 506 g/mol. The summed E-state index contributed by atoms with van der Waals surface area (Å²) in [5.74, 6) is -8.18. The first-order chi connectivity index (χ1) is 18.0. The number of piperidine rings is 1. The minimum Gasteiger partial charge on any atom is -0.356 e. The Kier molecular flexibility index (Phi) is 6.57. The van der Waals surface area contributed by atoms with Crippen LogP contribution < -0.4 is 10.6 Å². The molecule has 2 saturated heterocycles. The zero-order chi connectivity index (χ0) is 27.4. The van der Waals surface area contributed by atoms with E-state index in [1.165, 1.54) is 6.92 Å². The molecule has 3 aliphatic rings. The average Bonchev–Trinajstić information content (AvgIpc) is 3.53. The summed E-state index contributed by atoms with van der Waals surface area (Å²) in [5, 5.41) is 14.8. The van der Waals surface area contributed by atoms with Crippen molar-refractivity contribution in [3.63, 3.8) is 0 Å². The van der Waals surface area contributed by atoms with E-state index >= 15 is 0 Å². The number of benzene rings is 1. The summed E-state index contributed by atoms with van der Waals surface area (Å²) < 4.78 is 57.6. The van der Waals surface area contributed by atoms with Crippen molar-refractivity contribution in [1.82, 2.24) is 20.5 Å². The number of aromatic amines is 1. The van der Waals surface area contributed by atoms with Crippen molar-refractivity contribution in [2.75, 3.05) is 13.1 Å². The molecule has 202 valence electrons. The van der Waals surface area contributed by atoms with Gasteiger partial charge >= 0.3 is 0 Å². The molecule has 0 bridgehead atoms. The zero-order valence-corrected chi connectivity index (χ0v) is 20.6. The van der Waals surface area contributed by atoms with Gasteiger partial charge in [0.1, 0.15) is 29.4 Å². The number of likely N-dealkylation sites (tertiary alicyclic amines) is 1. The molecule has 0 spiro atoms. The second-order valence-corrected chi connectivity index (χ2v) is 10.6. The van der Waals surface area contributed by atoms with Crippen LogP contribution in [0.3, 0.4) is 0 Å². The fourth-order valence-corrected chi connectivity index (χ4v) is 6.20. The number of nitrogens with one attached hydrogen (secondary N) is 3. The van der Waals surface area contributed by atoms with Gasteiger partial charge in [-0.3, -0.25) is 14.4 Å². The molecule has 2 aromatic rings. The van der Waals surface area contributed by atoms with Crippen LogP contribution in [0.15, 0.2) is 12.1 Å². The molecule has 5 rings (SSSR count). The Labute approximate surface area is 215 Å². The maximum absolute atomic E-state index is 14.6. The number of rotatable bonds is 5. The van der Waals surface area contributed by atoms with Crippen molar-refractivity contribution in [2.45, 2.75) is 57.0 Å². The lowest BCUT2D eigenvalue weighted by atomic mass is 9.90. The number of alkyl halides is 2. The first-order valence-corrected chi connectivity index (χ1v) is 12.6. The van der Waals surface area contributed by atoms with Gasteiger partial charge in [0.2, 0.25) is 17.7 Å². The van der Waals surface area contributed by atoms with Gasteiger partial charge in [0, 0.05) is 37.2 Å². The first kappa shape index (κ1) is 26.0. The molecule has 3 heterocycles. The third-order valence-corrected chi connectivity index (χ3v) is 8.01. The number of nitrogens with zero attached hydrogens (tertiary/aromatic N) is 2. The number of hydrogen-bond acceptors (Lipinski definition) is 4.